The lowest BCUT2D eigenvalue weighted by Crippen LogP contribution is -2.12. The maximum atomic E-state index is 14.1. The Bertz CT molecular complexity index is 1230. The smallest absolute Gasteiger partial charge is 0.255 e. The molecule has 3 heterocycles. The van der Waals surface area contributed by atoms with Crippen LogP contribution >= 0.6 is 0 Å². The average molecular weight is 415 g/mol. The molecule has 2 N–H and O–H groups in total. The SMILES string of the molecule is COc1cccc(Nc2cc(C(=O)Nc3cncc(-c4ccccc4F)c3)ccn2)n1. The van der Waals surface area contributed by atoms with Crippen LogP contribution in [0.2, 0.25) is 0 Å². The molecule has 0 aliphatic rings. The zero-order valence-corrected chi connectivity index (χ0v) is 16.5. The third-order valence-corrected chi connectivity index (χ3v) is 4.39. The number of amides is 1. The minimum Gasteiger partial charge on any atom is -0.481 e. The van der Waals surface area contributed by atoms with Gasteiger partial charge >= 0.3 is 0 Å². The fraction of sp³-hybridized carbons (Fsp3) is 0.0435. The highest BCUT2D eigenvalue weighted by atomic mass is 19.1. The van der Waals surface area contributed by atoms with Crippen LogP contribution < -0.4 is 15.4 Å². The third-order valence-electron chi connectivity index (χ3n) is 4.39. The van der Waals surface area contributed by atoms with Gasteiger partial charge in [0.2, 0.25) is 5.88 Å². The van der Waals surface area contributed by atoms with E-state index in [2.05, 4.69) is 25.6 Å². The molecule has 0 atom stereocenters. The van der Waals surface area contributed by atoms with Crippen LogP contribution in [0.1, 0.15) is 10.4 Å². The van der Waals surface area contributed by atoms with Crippen molar-refractivity contribution in [2.45, 2.75) is 0 Å². The fourth-order valence-corrected chi connectivity index (χ4v) is 2.92. The van der Waals surface area contributed by atoms with Gasteiger partial charge in [0.1, 0.15) is 17.5 Å². The first-order chi connectivity index (χ1) is 15.1. The zero-order valence-electron chi connectivity index (χ0n) is 16.5. The lowest BCUT2D eigenvalue weighted by molar-refractivity contribution is 0.102. The molecule has 0 bridgehead atoms. The summed E-state index contributed by atoms with van der Waals surface area (Å²) in [6, 6.07) is 16.5. The summed E-state index contributed by atoms with van der Waals surface area (Å²) in [6.45, 7) is 0. The number of hydrogen-bond donors (Lipinski definition) is 2. The maximum absolute atomic E-state index is 14.1. The van der Waals surface area contributed by atoms with E-state index >= 15 is 0 Å². The number of aromatic nitrogens is 3. The summed E-state index contributed by atoms with van der Waals surface area (Å²) in [5, 5.41) is 5.82. The van der Waals surface area contributed by atoms with Gasteiger partial charge in [0.05, 0.1) is 19.0 Å². The van der Waals surface area contributed by atoms with Gasteiger partial charge in [-0.1, -0.05) is 24.3 Å². The first-order valence-electron chi connectivity index (χ1n) is 9.38. The molecule has 0 aliphatic heterocycles. The van der Waals surface area contributed by atoms with Crippen LogP contribution in [0.4, 0.5) is 21.7 Å². The van der Waals surface area contributed by atoms with Crippen LogP contribution in [0, 0.1) is 5.82 Å². The number of nitrogens with zero attached hydrogens (tertiary/aromatic N) is 3. The fourth-order valence-electron chi connectivity index (χ4n) is 2.92. The Labute approximate surface area is 178 Å². The molecule has 154 valence electrons. The molecule has 0 unspecified atom stereocenters. The molecule has 0 aliphatic carbocycles. The summed E-state index contributed by atoms with van der Waals surface area (Å²) in [7, 11) is 1.53. The zero-order chi connectivity index (χ0) is 21.6. The van der Waals surface area contributed by atoms with Gasteiger partial charge in [-0.25, -0.2) is 9.37 Å². The predicted molar refractivity (Wildman–Crippen MR) is 116 cm³/mol. The molecule has 3 aromatic heterocycles. The largest absolute Gasteiger partial charge is 0.481 e. The second-order valence-electron chi connectivity index (χ2n) is 6.52. The molecular weight excluding hydrogens is 397 g/mol. The molecule has 0 fully saturated rings. The number of methoxy groups -OCH3 is 1. The van der Waals surface area contributed by atoms with E-state index in [9.17, 15) is 9.18 Å². The third kappa shape index (κ3) is 4.81. The van der Waals surface area contributed by atoms with Gasteiger partial charge in [-0.3, -0.25) is 9.78 Å². The number of carbonyl (C=O) groups is 1. The van der Waals surface area contributed by atoms with Crippen molar-refractivity contribution in [3.05, 3.63) is 90.6 Å². The summed E-state index contributed by atoms with van der Waals surface area (Å²) in [5.74, 6) is 0.735. The van der Waals surface area contributed by atoms with Gasteiger partial charge in [-0.05, 0) is 30.3 Å². The second-order valence-corrected chi connectivity index (χ2v) is 6.52. The normalized spacial score (nSPS) is 10.4. The van der Waals surface area contributed by atoms with E-state index in [4.69, 9.17) is 4.74 Å². The van der Waals surface area contributed by atoms with Crippen LogP contribution in [0.15, 0.2) is 79.3 Å². The molecule has 4 rings (SSSR count). The van der Waals surface area contributed by atoms with Crippen LogP contribution in [0.3, 0.4) is 0 Å². The van der Waals surface area contributed by atoms with E-state index in [0.717, 1.165) is 0 Å². The van der Waals surface area contributed by atoms with Crippen LogP contribution in [-0.4, -0.2) is 28.0 Å². The molecule has 7 nitrogen and oxygen atoms in total. The van der Waals surface area contributed by atoms with Crippen molar-refractivity contribution >= 4 is 23.2 Å². The first kappa shape index (κ1) is 20.0. The molecule has 0 spiro atoms. The maximum Gasteiger partial charge on any atom is 0.255 e. The van der Waals surface area contributed by atoms with E-state index in [0.29, 0.717) is 39.9 Å². The van der Waals surface area contributed by atoms with Crippen LogP contribution in [-0.2, 0) is 0 Å². The first-order valence-corrected chi connectivity index (χ1v) is 9.38. The van der Waals surface area contributed by atoms with Crippen molar-refractivity contribution in [3.8, 4) is 17.0 Å². The topological polar surface area (TPSA) is 89.0 Å². The molecule has 0 saturated carbocycles. The quantitative estimate of drug-likeness (QED) is 0.475. The molecular formula is C23H18FN5O2. The van der Waals surface area contributed by atoms with E-state index in [1.54, 1.807) is 60.8 Å². The van der Waals surface area contributed by atoms with Crippen molar-refractivity contribution in [3.63, 3.8) is 0 Å². The van der Waals surface area contributed by atoms with E-state index < -0.39 is 0 Å². The summed E-state index contributed by atoms with van der Waals surface area (Å²) in [5.41, 5.74) is 1.81. The Morgan fingerprint density at radius 3 is 2.71 bits per heavy atom. The summed E-state index contributed by atoms with van der Waals surface area (Å²) in [4.78, 5) is 25.3. The molecule has 1 amide bonds. The van der Waals surface area contributed by atoms with Crippen molar-refractivity contribution in [1.29, 1.82) is 0 Å². The van der Waals surface area contributed by atoms with Crippen LogP contribution in [0.5, 0.6) is 5.88 Å². The minimum absolute atomic E-state index is 0.350. The average Bonchev–Trinajstić information content (AvgIpc) is 2.80. The number of hydrogen-bond acceptors (Lipinski definition) is 6. The lowest BCUT2D eigenvalue weighted by Gasteiger charge is -2.10. The Balaban J connectivity index is 1.51. The number of carbonyl (C=O) groups excluding carboxylic acids is 1. The monoisotopic (exact) mass is 415 g/mol. The number of ether oxygens (including phenoxy) is 1. The number of pyridine rings is 3. The Morgan fingerprint density at radius 2 is 1.87 bits per heavy atom. The molecule has 1 aromatic carbocycles. The lowest BCUT2D eigenvalue weighted by atomic mass is 10.1. The van der Waals surface area contributed by atoms with Gasteiger partial charge in [0, 0.05) is 35.2 Å². The molecule has 0 radical (unpaired) electrons. The van der Waals surface area contributed by atoms with Crippen LogP contribution in [0.25, 0.3) is 11.1 Å². The minimum atomic E-state index is -0.358. The number of rotatable bonds is 6. The highest BCUT2D eigenvalue weighted by Gasteiger charge is 2.11. The summed E-state index contributed by atoms with van der Waals surface area (Å²) < 4.78 is 19.2. The van der Waals surface area contributed by atoms with Crippen molar-refractivity contribution in [2.24, 2.45) is 0 Å². The Morgan fingerprint density at radius 1 is 1.00 bits per heavy atom. The van der Waals surface area contributed by atoms with Crippen molar-refractivity contribution < 1.29 is 13.9 Å². The van der Waals surface area contributed by atoms with Crippen molar-refractivity contribution in [1.82, 2.24) is 15.0 Å². The highest BCUT2D eigenvalue weighted by molar-refractivity contribution is 6.04. The Kier molecular flexibility index (Phi) is 5.79. The molecule has 0 saturated heterocycles. The summed E-state index contributed by atoms with van der Waals surface area (Å²) >= 11 is 0. The standard InChI is InChI=1S/C23H18FN5O2/c1-31-22-8-4-7-20(29-22)28-21-12-15(9-10-26-21)23(30)27-17-11-16(13-25-14-17)18-5-2-3-6-19(18)24/h2-14H,1H3,(H,27,30)(H,26,28,29). The van der Waals surface area contributed by atoms with Gasteiger partial charge < -0.3 is 15.4 Å². The van der Waals surface area contributed by atoms with Gasteiger partial charge in [-0.15, -0.1) is 0 Å². The number of nitrogens with one attached hydrogen (secondary N) is 2. The van der Waals surface area contributed by atoms with E-state index in [-0.39, 0.29) is 11.7 Å². The highest BCUT2D eigenvalue weighted by Crippen LogP contribution is 2.24. The van der Waals surface area contributed by atoms with Gasteiger partial charge in [-0.2, -0.15) is 4.98 Å². The van der Waals surface area contributed by atoms with E-state index in [1.807, 2.05) is 0 Å². The Hall–Kier alpha value is -4.33. The van der Waals surface area contributed by atoms with E-state index in [1.165, 1.54) is 25.6 Å². The second kappa shape index (κ2) is 9.00. The number of halogens is 1. The molecule has 8 heteroatoms. The molecule has 4 aromatic rings. The molecule has 31 heavy (non-hydrogen) atoms. The number of anilines is 3. The van der Waals surface area contributed by atoms with Gasteiger partial charge in [0.25, 0.3) is 5.91 Å². The van der Waals surface area contributed by atoms with Gasteiger partial charge in [0.15, 0.2) is 0 Å². The number of benzene rings is 1. The summed E-state index contributed by atoms with van der Waals surface area (Å²) in [6.07, 6.45) is 4.57. The van der Waals surface area contributed by atoms with Crippen molar-refractivity contribution in [2.75, 3.05) is 17.7 Å². The predicted octanol–water partition coefficient (Wildman–Crippen LogP) is 4.68.